The molecule has 8 aromatic rings. The number of ether oxygens (including phenoxy) is 1. The Hall–Kier alpha value is -7.65. The average Bonchev–Trinajstić information content (AvgIpc) is 4.17. The molecule has 360 valence electrons. The van der Waals surface area contributed by atoms with Gasteiger partial charge >= 0.3 is 5.97 Å². The van der Waals surface area contributed by atoms with Gasteiger partial charge in [0.15, 0.2) is 56.6 Å². The number of rotatable bonds is 9. The van der Waals surface area contributed by atoms with Crippen LogP contribution >= 0.6 is 45.9 Å². The van der Waals surface area contributed by atoms with E-state index in [-0.39, 0.29) is 40.0 Å². The number of fused-ring (bicyclic) bond motifs is 2. The molecule has 70 heavy (non-hydrogen) atoms. The third-order valence-electron chi connectivity index (χ3n) is 9.41. The molecule has 0 fully saturated rings. The van der Waals surface area contributed by atoms with E-state index >= 15 is 0 Å². The van der Waals surface area contributed by atoms with Crippen molar-refractivity contribution in [3.05, 3.63) is 182 Å². The van der Waals surface area contributed by atoms with Gasteiger partial charge in [-0.25, -0.2) is 32.3 Å². The van der Waals surface area contributed by atoms with Gasteiger partial charge in [-0.05, 0) is 117 Å². The molecule has 1 aliphatic heterocycles. The highest BCUT2D eigenvalue weighted by Crippen LogP contribution is 2.45. The van der Waals surface area contributed by atoms with Crippen LogP contribution in [0.2, 0.25) is 10.0 Å². The number of carbonyl (C=O) groups excluding carboxylic acids is 5. The number of esters is 1. The van der Waals surface area contributed by atoms with Crippen LogP contribution in [0.1, 0.15) is 56.7 Å². The topological polar surface area (TPSA) is 216 Å². The number of thiazole rings is 2. The lowest BCUT2D eigenvalue weighted by Crippen LogP contribution is -2.31. The summed E-state index contributed by atoms with van der Waals surface area (Å²) in [4.78, 5) is 68.1. The number of nitrogens with two attached hydrogens (primary N) is 1. The molecule has 1 unspecified atom stereocenters. The molecule has 4 N–H and O–H groups in total. The van der Waals surface area contributed by atoms with Crippen molar-refractivity contribution in [2.45, 2.75) is 26.8 Å². The SMILES string of the molecule is CCOC(=O)C(=O)C=C(O)c1ccc(C)o1.Cc1ccc(C(=O)C2=C(O)C(=O)N(c3nc4ccc(Cl)cc4s3)C2c2ccc(F)c(F)c2)o1.Nc1nc2ccc(Cl)cc2s1.O=Cc1ccc(F)c(F)c1. The highest BCUT2D eigenvalue weighted by molar-refractivity contribution is 7.22. The summed E-state index contributed by atoms with van der Waals surface area (Å²) in [5.41, 5.74) is 6.85. The predicted molar refractivity (Wildman–Crippen MR) is 255 cm³/mol. The molecule has 4 aromatic heterocycles. The van der Waals surface area contributed by atoms with Crippen molar-refractivity contribution in [1.82, 2.24) is 9.97 Å². The zero-order valence-corrected chi connectivity index (χ0v) is 39.5. The smallest absolute Gasteiger partial charge is 0.379 e. The number of hydrogen-bond acceptors (Lipinski definition) is 15. The maximum Gasteiger partial charge on any atom is 0.379 e. The number of nitrogen functional groups attached to an aromatic ring is 1. The van der Waals surface area contributed by atoms with E-state index in [1.165, 1.54) is 35.6 Å². The number of hydrogen-bond donors (Lipinski definition) is 3. The Labute approximate surface area is 411 Å². The number of halogens is 6. The fourth-order valence-electron chi connectivity index (χ4n) is 6.24. The molecular formula is C48H34Cl2F4N4O10S2. The number of aliphatic hydroxyl groups is 2. The second-order valence-electron chi connectivity index (χ2n) is 14.3. The van der Waals surface area contributed by atoms with Crippen LogP contribution in [-0.2, 0) is 19.1 Å². The van der Waals surface area contributed by atoms with Crippen LogP contribution in [0.3, 0.4) is 0 Å². The number of aryl methyl sites for hydroxylation is 2. The van der Waals surface area contributed by atoms with E-state index in [2.05, 4.69) is 14.7 Å². The number of Topliss-reactive ketones (excluding diaryl/α,β-unsaturated/α-hetero) is 1. The fourth-order valence-corrected chi connectivity index (χ4v) is 8.52. The molecule has 22 heteroatoms. The number of ketones is 2. The summed E-state index contributed by atoms with van der Waals surface area (Å²) in [6.07, 6.45) is 1.23. The maximum absolute atomic E-state index is 14.1. The van der Waals surface area contributed by atoms with Crippen LogP contribution in [-0.4, -0.2) is 56.5 Å². The average molecular weight is 1040 g/mol. The number of carbonyl (C=O) groups is 5. The van der Waals surface area contributed by atoms with Crippen molar-refractivity contribution in [2.75, 3.05) is 17.2 Å². The summed E-state index contributed by atoms with van der Waals surface area (Å²) < 4.78 is 68.8. The second-order valence-corrected chi connectivity index (χ2v) is 17.3. The molecule has 0 bridgehead atoms. The summed E-state index contributed by atoms with van der Waals surface area (Å²) >= 11 is 14.4. The first-order valence-corrected chi connectivity index (χ1v) is 22.5. The number of nitrogens with zero attached hydrogens (tertiary/aromatic N) is 3. The Bertz CT molecular complexity index is 3370. The van der Waals surface area contributed by atoms with Crippen LogP contribution in [0.5, 0.6) is 0 Å². The van der Waals surface area contributed by atoms with Crippen LogP contribution in [0.4, 0.5) is 27.8 Å². The molecule has 0 aliphatic carbocycles. The van der Waals surface area contributed by atoms with Gasteiger partial charge in [0.2, 0.25) is 5.78 Å². The number of aromatic nitrogens is 2. The summed E-state index contributed by atoms with van der Waals surface area (Å²) in [6, 6.07) is 21.3. The molecule has 0 spiro atoms. The van der Waals surface area contributed by atoms with Crippen molar-refractivity contribution in [3.63, 3.8) is 0 Å². The minimum atomic E-state index is -1.26. The number of aldehydes is 1. The van der Waals surface area contributed by atoms with E-state index in [9.17, 15) is 51.7 Å². The molecule has 0 saturated carbocycles. The van der Waals surface area contributed by atoms with Crippen LogP contribution in [0.25, 0.3) is 26.2 Å². The summed E-state index contributed by atoms with van der Waals surface area (Å²) in [7, 11) is 0. The minimum Gasteiger partial charge on any atom is -0.504 e. The van der Waals surface area contributed by atoms with Crippen LogP contribution < -0.4 is 10.6 Å². The lowest BCUT2D eigenvalue weighted by Gasteiger charge is -2.24. The summed E-state index contributed by atoms with van der Waals surface area (Å²) in [6.45, 7) is 5.03. The monoisotopic (exact) mass is 1040 g/mol. The highest BCUT2D eigenvalue weighted by atomic mass is 35.5. The number of anilines is 2. The van der Waals surface area contributed by atoms with Gasteiger partial charge in [-0.15, -0.1) is 0 Å². The lowest BCUT2D eigenvalue weighted by molar-refractivity contribution is -0.151. The van der Waals surface area contributed by atoms with Crippen LogP contribution in [0, 0.1) is 37.1 Å². The van der Waals surface area contributed by atoms with E-state index in [4.69, 9.17) is 37.8 Å². The van der Waals surface area contributed by atoms with Gasteiger partial charge < -0.3 is 29.5 Å². The van der Waals surface area contributed by atoms with Gasteiger partial charge in [-0.2, -0.15) is 0 Å². The molecule has 0 radical (unpaired) electrons. The van der Waals surface area contributed by atoms with Crippen molar-refractivity contribution in [1.29, 1.82) is 0 Å². The Morgan fingerprint density at radius 3 is 1.91 bits per heavy atom. The molecule has 4 aromatic carbocycles. The zero-order valence-electron chi connectivity index (χ0n) is 36.3. The number of amides is 1. The Morgan fingerprint density at radius 2 is 1.36 bits per heavy atom. The van der Waals surface area contributed by atoms with Gasteiger partial charge in [-0.1, -0.05) is 51.9 Å². The quantitative estimate of drug-likeness (QED) is 0.0233. The van der Waals surface area contributed by atoms with Gasteiger partial charge in [-0.3, -0.25) is 24.1 Å². The van der Waals surface area contributed by atoms with Gasteiger partial charge in [0.25, 0.3) is 11.7 Å². The zero-order chi connectivity index (χ0) is 51.0. The first-order chi connectivity index (χ1) is 33.3. The first-order valence-electron chi connectivity index (χ1n) is 20.1. The molecular weight excluding hydrogens is 1000 g/mol. The minimum absolute atomic E-state index is 0.0789. The number of benzene rings is 4. The van der Waals surface area contributed by atoms with E-state index < -0.39 is 64.3 Å². The van der Waals surface area contributed by atoms with Crippen molar-refractivity contribution < 1.29 is 65.3 Å². The third kappa shape index (κ3) is 12.3. The van der Waals surface area contributed by atoms with Gasteiger partial charge in [0.1, 0.15) is 17.8 Å². The van der Waals surface area contributed by atoms with Gasteiger partial charge in [0.05, 0.1) is 38.7 Å². The van der Waals surface area contributed by atoms with Crippen LogP contribution in [0.15, 0.2) is 123 Å². The maximum atomic E-state index is 14.1. The van der Waals surface area contributed by atoms with Gasteiger partial charge in [0, 0.05) is 21.7 Å². The first kappa shape index (κ1) is 51.7. The lowest BCUT2D eigenvalue weighted by atomic mass is 9.95. The van der Waals surface area contributed by atoms with Crippen molar-refractivity contribution in [2.24, 2.45) is 0 Å². The van der Waals surface area contributed by atoms with E-state index in [1.54, 1.807) is 51.1 Å². The van der Waals surface area contributed by atoms with Crippen molar-refractivity contribution >= 4 is 112 Å². The molecule has 0 saturated heterocycles. The molecule has 1 aliphatic rings. The summed E-state index contributed by atoms with van der Waals surface area (Å²) in [5, 5.41) is 22.1. The number of furan rings is 2. The van der Waals surface area contributed by atoms with E-state index in [0.29, 0.717) is 38.2 Å². The molecule has 14 nitrogen and oxygen atoms in total. The predicted octanol–water partition coefficient (Wildman–Crippen LogP) is 11.8. The number of aliphatic hydroxyl groups excluding tert-OH is 2. The van der Waals surface area contributed by atoms with E-state index in [1.807, 2.05) is 18.2 Å². The third-order valence-corrected chi connectivity index (χ3v) is 11.7. The normalized spacial score (nSPS) is 13.3. The Kier molecular flexibility index (Phi) is 16.7. The fraction of sp³-hybridized carbons (Fsp3) is 0.104. The van der Waals surface area contributed by atoms with Crippen molar-refractivity contribution in [3.8, 4) is 0 Å². The molecule has 9 rings (SSSR count). The summed E-state index contributed by atoms with van der Waals surface area (Å²) in [5.74, 6) is -7.91. The van der Waals surface area contributed by atoms with E-state index in [0.717, 1.165) is 61.8 Å². The largest absolute Gasteiger partial charge is 0.504 e. The second kappa shape index (κ2) is 22.6. The molecule has 1 amide bonds. The standard InChI is InChI=1S/C23H13ClF2N2O4S.C11H12O5.C7H5ClN2S.C7H4F2O/c1-10-2-7-16(32-10)20(29)18-19(11-3-5-13(25)14(26)8-11)28(22(31)21(18)30)23-27-15-6-4-12(24)9-17(15)33-23;1-3-15-11(14)9(13)6-8(12)10-5-4-7(2)16-10;8-4-1-2-5-6(3-4)11-7(9)10-5;8-6-2-1-5(4-10)3-7(6)9/h2-9,19,30H,1H3;4-6,12H,3H2,1-2H3;1-3H,(H2,9,10);1-4H. The Balaban J connectivity index is 0.000000179. The Morgan fingerprint density at radius 1 is 0.786 bits per heavy atom. The molecule has 5 heterocycles. The highest BCUT2D eigenvalue weighted by Gasteiger charge is 2.46. The molecule has 1 atom stereocenters.